The van der Waals surface area contributed by atoms with Crippen LogP contribution in [0.5, 0.6) is 5.88 Å². The second kappa shape index (κ2) is 5.20. The van der Waals surface area contributed by atoms with Gasteiger partial charge in [0, 0.05) is 11.6 Å². The fraction of sp³-hybridized carbons (Fsp3) is 0.571. The van der Waals surface area contributed by atoms with Crippen LogP contribution in [0, 0.1) is 5.41 Å². The van der Waals surface area contributed by atoms with Crippen LogP contribution in [-0.4, -0.2) is 35.0 Å². The van der Waals surface area contributed by atoms with E-state index in [2.05, 4.69) is 4.98 Å². The van der Waals surface area contributed by atoms with E-state index in [1.807, 2.05) is 0 Å². The van der Waals surface area contributed by atoms with Gasteiger partial charge in [-0.25, -0.2) is 4.98 Å². The van der Waals surface area contributed by atoms with Crippen molar-refractivity contribution in [3.05, 3.63) is 23.9 Å². The summed E-state index contributed by atoms with van der Waals surface area (Å²) in [5.74, 6) is -0.475. The number of amides is 1. The molecular formula is C14H17F3N2O2. The van der Waals surface area contributed by atoms with Gasteiger partial charge in [0.15, 0.2) is 0 Å². The van der Waals surface area contributed by atoms with Gasteiger partial charge in [-0.3, -0.25) is 4.79 Å². The average Bonchev–Trinajstić information content (AvgIpc) is 2.30. The van der Waals surface area contributed by atoms with Gasteiger partial charge in [-0.2, -0.15) is 13.2 Å². The minimum atomic E-state index is -4.51. The van der Waals surface area contributed by atoms with Crippen molar-refractivity contribution in [2.75, 3.05) is 13.1 Å². The van der Waals surface area contributed by atoms with Gasteiger partial charge in [-0.15, -0.1) is 0 Å². The summed E-state index contributed by atoms with van der Waals surface area (Å²) in [4.78, 5) is 17.2. The molecule has 1 fully saturated rings. The lowest BCUT2D eigenvalue weighted by molar-refractivity contribution is -0.150. The second-order valence-electron chi connectivity index (χ2n) is 6.05. The summed E-state index contributed by atoms with van der Waals surface area (Å²) >= 11 is 0. The highest BCUT2D eigenvalue weighted by Gasteiger charge is 2.40. The molecule has 1 saturated heterocycles. The van der Waals surface area contributed by atoms with Crippen LogP contribution in [-0.2, 0) is 11.0 Å². The Hall–Kier alpha value is -1.79. The third-order valence-electron chi connectivity index (χ3n) is 3.13. The van der Waals surface area contributed by atoms with E-state index >= 15 is 0 Å². The Morgan fingerprint density at radius 3 is 2.48 bits per heavy atom. The molecule has 1 aromatic heterocycles. The summed E-state index contributed by atoms with van der Waals surface area (Å²) in [7, 11) is 0. The summed E-state index contributed by atoms with van der Waals surface area (Å²) in [5.41, 5.74) is -1.40. The molecule has 116 valence electrons. The van der Waals surface area contributed by atoms with Crippen molar-refractivity contribution in [3.63, 3.8) is 0 Å². The standard InChI is InChI=1S/C14H17F3N2O2/c1-13(2,3)12(20)19-7-9(8-19)21-11-10(14(15,16)17)5-4-6-18-11/h4-6,9H,7-8H2,1-3H3. The molecule has 0 bridgehead atoms. The van der Waals surface area contributed by atoms with Crippen molar-refractivity contribution < 1.29 is 22.7 Å². The van der Waals surface area contributed by atoms with Crippen LogP contribution < -0.4 is 4.74 Å². The summed E-state index contributed by atoms with van der Waals surface area (Å²) in [5, 5.41) is 0. The first kappa shape index (κ1) is 15.6. The lowest BCUT2D eigenvalue weighted by Gasteiger charge is -2.41. The molecule has 1 aliphatic heterocycles. The summed E-state index contributed by atoms with van der Waals surface area (Å²) in [6.45, 7) is 5.95. The van der Waals surface area contributed by atoms with E-state index in [9.17, 15) is 18.0 Å². The molecule has 7 heteroatoms. The molecule has 2 heterocycles. The molecule has 21 heavy (non-hydrogen) atoms. The first-order valence-corrected chi connectivity index (χ1v) is 6.57. The van der Waals surface area contributed by atoms with Crippen molar-refractivity contribution in [2.45, 2.75) is 33.1 Å². The lowest BCUT2D eigenvalue weighted by Crippen LogP contribution is -2.58. The van der Waals surface area contributed by atoms with Crippen molar-refractivity contribution >= 4 is 5.91 Å². The molecule has 0 saturated carbocycles. The monoisotopic (exact) mass is 302 g/mol. The number of alkyl halides is 3. The fourth-order valence-electron chi connectivity index (χ4n) is 2.01. The average molecular weight is 302 g/mol. The van der Waals surface area contributed by atoms with E-state index in [0.717, 1.165) is 6.07 Å². The largest absolute Gasteiger partial charge is 0.470 e. The number of ether oxygens (including phenoxy) is 1. The number of rotatable bonds is 2. The number of carbonyl (C=O) groups is 1. The van der Waals surface area contributed by atoms with Gasteiger partial charge in [0.1, 0.15) is 11.7 Å². The number of hydrogen-bond donors (Lipinski definition) is 0. The zero-order valence-electron chi connectivity index (χ0n) is 12.1. The lowest BCUT2D eigenvalue weighted by atomic mass is 9.93. The zero-order valence-corrected chi connectivity index (χ0v) is 12.1. The maximum absolute atomic E-state index is 12.8. The molecule has 1 aliphatic rings. The predicted molar refractivity (Wildman–Crippen MR) is 69.7 cm³/mol. The Bertz CT molecular complexity index is 532. The zero-order chi connectivity index (χ0) is 15.8. The Kier molecular flexibility index (Phi) is 3.86. The van der Waals surface area contributed by atoms with Gasteiger partial charge in [0.05, 0.1) is 13.1 Å². The third kappa shape index (κ3) is 3.46. The molecule has 0 spiro atoms. The highest BCUT2D eigenvalue weighted by molar-refractivity contribution is 5.82. The van der Waals surface area contributed by atoms with Crippen LogP contribution >= 0.6 is 0 Å². The molecule has 0 atom stereocenters. The van der Waals surface area contributed by atoms with Crippen LogP contribution in [0.15, 0.2) is 18.3 Å². The number of aromatic nitrogens is 1. The number of pyridine rings is 1. The van der Waals surface area contributed by atoms with Crippen molar-refractivity contribution in [3.8, 4) is 5.88 Å². The number of hydrogen-bond acceptors (Lipinski definition) is 3. The van der Waals surface area contributed by atoms with E-state index in [0.29, 0.717) is 0 Å². The Morgan fingerprint density at radius 2 is 1.95 bits per heavy atom. The molecule has 1 aromatic rings. The minimum absolute atomic E-state index is 0.0422. The number of likely N-dealkylation sites (tertiary alicyclic amines) is 1. The second-order valence-corrected chi connectivity index (χ2v) is 6.05. The van der Waals surface area contributed by atoms with Crippen LogP contribution in [0.3, 0.4) is 0 Å². The van der Waals surface area contributed by atoms with Crippen molar-refractivity contribution in [2.24, 2.45) is 5.41 Å². The van der Waals surface area contributed by atoms with E-state index in [4.69, 9.17) is 4.74 Å². The fourth-order valence-corrected chi connectivity index (χ4v) is 2.01. The van der Waals surface area contributed by atoms with Crippen molar-refractivity contribution in [1.29, 1.82) is 0 Å². The Morgan fingerprint density at radius 1 is 1.33 bits per heavy atom. The van der Waals surface area contributed by atoms with Gasteiger partial charge < -0.3 is 9.64 Å². The molecule has 4 nitrogen and oxygen atoms in total. The minimum Gasteiger partial charge on any atom is -0.470 e. The van der Waals surface area contributed by atoms with E-state index in [-0.39, 0.29) is 19.0 Å². The molecule has 0 unspecified atom stereocenters. The summed E-state index contributed by atoms with van der Waals surface area (Å²) in [6.07, 6.45) is -3.71. The molecule has 0 aliphatic carbocycles. The van der Waals surface area contributed by atoms with E-state index in [1.54, 1.807) is 25.7 Å². The van der Waals surface area contributed by atoms with Crippen LogP contribution in [0.25, 0.3) is 0 Å². The SMILES string of the molecule is CC(C)(C)C(=O)N1CC(Oc2ncccc2C(F)(F)F)C1. The van der Waals surface area contributed by atoms with Crippen molar-refractivity contribution in [1.82, 2.24) is 9.88 Å². The maximum Gasteiger partial charge on any atom is 0.421 e. The molecule has 0 aromatic carbocycles. The Balaban J connectivity index is 1.99. The van der Waals surface area contributed by atoms with E-state index in [1.165, 1.54) is 12.3 Å². The number of halogens is 3. The normalized spacial score (nSPS) is 16.6. The van der Waals surface area contributed by atoms with Gasteiger partial charge in [0.2, 0.25) is 11.8 Å². The molecule has 0 radical (unpaired) electrons. The topological polar surface area (TPSA) is 42.4 Å². The first-order chi connectivity index (χ1) is 9.59. The van der Waals surface area contributed by atoms with Crippen LogP contribution in [0.2, 0.25) is 0 Å². The summed E-state index contributed by atoms with van der Waals surface area (Å²) in [6, 6.07) is 2.14. The first-order valence-electron chi connectivity index (χ1n) is 6.57. The predicted octanol–water partition coefficient (Wildman–Crippen LogP) is 2.74. The van der Waals surface area contributed by atoms with E-state index < -0.39 is 29.1 Å². The summed E-state index contributed by atoms with van der Waals surface area (Å²) < 4.78 is 43.7. The van der Waals surface area contributed by atoms with Crippen LogP contribution in [0.1, 0.15) is 26.3 Å². The Labute approximate surface area is 120 Å². The van der Waals surface area contributed by atoms with Gasteiger partial charge >= 0.3 is 6.18 Å². The van der Waals surface area contributed by atoms with Gasteiger partial charge in [0.25, 0.3) is 0 Å². The highest BCUT2D eigenvalue weighted by Crippen LogP contribution is 2.35. The molecular weight excluding hydrogens is 285 g/mol. The maximum atomic E-state index is 12.8. The highest BCUT2D eigenvalue weighted by atomic mass is 19.4. The molecule has 0 N–H and O–H groups in total. The molecule has 2 rings (SSSR count). The van der Waals surface area contributed by atoms with Gasteiger partial charge in [-0.1, -0.05) is 20.8 Å². The third-order valence-corrected chi connectivity index (χ3v) is 3.13. The quantitative estimate of drug-likeness (QED) is 0.843. The smallest absolute Gasteiger partial charge is 0.421 e. The number of nitrogens with zero attached hydrogens (tertiary/aromatic N) is 2. The van der Waals surface area contributed by atoms with Gasteiger partial charge in [-0.05, 0) is 12.1 Å². The van der Waals surface area contributed by atoms with Crippen LogP contribution in [0.4, 0.5) is 13.2 Å². The molecule has 1 amide bonds. The number of carbonyl (C=O) groups excluding carboxylic acids is 1.